The number of aromatic amines is 1. The molecule has 1 saturated heterocycles. The zero-order chi connectivity index (χ0) is 17.6. The van der Waals surface area contributed by atoms with Crippen LogP contribution in [-0.4, -0.2) is 47.1 Å². The van der Waals surface area contributed by atoms with Crippen molar-refractivity contribution in [3.8, 4) is 5.88 Å². The van der Waals surface area contributed by atoms with Gasteiger partial charge in [-0.2, -0.15) is 0 Å². The highest BCUT2D eigenvalue weighted by atomic mass is 16.3. The summed E-state index contributed by atoms with van der Waals surface area (Å²) in [4.78, 5) is 31.9. The Kier molecular flexibility index (Phi) is 5.49. The second-order valence-electron chi connectivity index (χ2n) is 6.26. The number of hydrogen-bond donors (Lipinski definition) is 3. The molecule has 2 aromatic heterocycles. The number of likely N-dealkylation sites (tertiary alicyclic amines) is 1. The zero-order valence-electron chi connectivity index (χ0n) is 14.0. The highest BCUT2D eigenvalue weighted by Crippen LogP contribution is 2.11. The van der Waals surface area contributed by atoms with Crippen molar-refractivity contribution < 1.29 is 14.4 Å². The van der Waals surface area contributed by atoms with Gasteiger partial charge in [-0.1, -0.05) is 0 Å². The van der Waals surface area contributed by atoms with Gasteiger partial charge in [-0.25, -0.2) is 4.79 Å². The summed E-state index contributed by atoms with van der Waals surface area (Å²) < 4.78 is 6.24. The van der Waals surface area contributed by atoms with Crippen LogP contribution in [0.1, 0.15) is 30.6 Å². The van der Waals surface area contributed by atoms with Crippen LogP contribution in [0, 0.1) is 0 Å². The molecule has 0 bridgehead atoms. The average molecular weight is 347 g/mol. The summed E-state index contributed by atoms with van der Waals surface area (Å²) in [5.74, 6) is 0.0975. The molecular formula is C17H23N4O4+. The van der Waals surface area contributed by atoms with E-state index in [-0.39, 0.29) is 12.1 Å². The molecule has 3 N–H and O–H groups in total. The van der Waals surface area contributed by atoms with Crippen LogP contribution in [-0.2, 0) is 6.54 Å². The number of aromatic hydroxyl groups is 1. The zero-order valence-corrected chi connectivity index (χ0v) is 14.0. The molecule has 8 heteroatoms. The summed E-state index contributed by atoms with van der Waals surface area (Å²) in [7, 11) is 0. The molecule has 0 unspecified atom stereocenters. The number of nitrogens with one attached hydrogen (secondary N) is 2. The minimum Gasteiger partial charge on any atom is -0.494 e. The summed E-state index contributed by atoms with van der Waals surface area (Å²) in [6.07, 6.45) is 6.62. The predicted molar refractivity (Wildman–Crippen MR) is 92.7 cm³/mol. The smallest absolute Gasteiger partial charge is 0.331 e. The lowest BCUT2D eigenvalue weighted by atomic mass is 10.1. The van der Waals surface area contributed by atoms with Gasteiger partial charge in [-0.3, -0.25) is 19.3 Å². The number of hydrogen-bond acceptors (Lipinski definition) is 5. The van der Waals surface area contributed by atoms with Crippen LogP contribution in [0.4, 0.5) is 0 Å². The van der Waals surface area contributed by atoms with E-state index in [1.807, 2.05) is 0 Å². The average Bonchev–Trinajstić information content (AvgIpc) is 3.12. The molecule has 1 fully saturated rings. The predicted octanol–water partition coefficient (Wildman–Crippen LogP) is -0.629. The number of H-pyrrole nitrogens is 1. The summed E-state index contributed by atoms with van der Waals surface area (Å²) in [6, 6.07) is 3.38. The normalized spacial score (nSPS) is 15.8. The molecule has 0 atom stereocenters. The van der Waals surface area contributed by atoms with E-state index in [4.69, 9.17) is 4.42 Å². The number of furan rings is 1. The third-order valence-corrected chi connectivity index (χ3v) is 4.48. The van der Waals surface area contributed by atoms with Crippen LogP contribution < -0.4 is 16.1 Å². The number of piperidine rings is 1. The largest absolute Gasteiger partial charge is 0.494 e. The van der Waals surface area contributed by atoms with Gasteiger partial charge in [0.05, 0.1) is 39.0 Å². The molecule has 1 aliphatic rings. The van der Waals surface area contributed by atoms with E-state index in [0.717, 1.165) is 24.2 Å². The molecule has 8 nitrogen and oxygen atoms in total. The number of aromatic nitrogens is 2. The topological polar surface area (TPSA) is 105 Å². The minimum absolute atomic E-state index is 0.0141. The fraction of sp³-hybridized carbons (Fsp3) is 0.471. The Bertz CT molecular complexity index is 829. The lowest BCUT2D eigenvalue weighted by Crippen LogP contribution is -3.13. The van der Waals surface area contributed by atoms with Crippen molar-refractivity contribution in [3.05, 3.63) is 50.6 Å². The van der Waals surface area contributed by atoms with Crippen molar-refractivity contribution in [1.29, 1.82) is 0 Å². The van der Waals surface area contributed by atoms with Crippen LogP contribution in [0.15, 0.2) is 37.4 Å². The molecule has 0 radical (unpaired) electrons. The molecule has 0 saturated carbocycles. The number of nitrogens with zero attached hydrogens (tertiary/aromatic N) is 2. The standard InChI is InChI=1S/C17H22N4O4/c22-15-14(11-18-6-9-20-7-2-1-3-8-20)16(23)21(17(24)19-15)12-13-5-4-10-25-13/h4-5,10-11,23H,1-3,6-9,12H2,(H,19,22,24)/p+1. The summed E-state index contributed by atoms with van der Waals surface area (Å²) in [5.41, 5.74) is -1.35. The van der Waals surface area contributed by atoms with Gasteiger partial charge >= 0.3 is 5.69 Å². The van der Waals surface area contributed by atoms with Crippen LogP contribution in [0.5, 0.6) is 5.88 Å². The van der Waals surface area contributed by atoms with Crippen LogP contribution >= 0.6 is 0 Å². The summed E-state index contributed by atoms with van der Waals surface area (Å²) in [6.45, 7) is 3.84. The lowest BCUT2D eigenvalue weighted by molar-refractivity contribution is -0.903. The Balaban J connectivity index is 1.72. The first-order valence-corrected chi connectivity index (χ1v) is 8.57. The monoisotopic (exact) mass is 347 g/mol. The molecule has 0 spiro atoms. The molecule has 0 aliphatic carbocycles. The lowest BCUT2D eigenvalue weighted by Gasteiger charge is -2.22. The molecule has 0 amide bonds. The summed E-state index contributed by atoms with van der Waals surface area (Å²) >= 11 is 0. The maximum absolute atomic E-state index is 12.0. The molecule has 3 heterocycles. The molecular weight excluding hydrogens is 324 g/mol. The van der Waals surface area contributed by atoms with Crippen molar-refractivity contribution in [3.63, 3.8) is 0 Å². The molecule has 25 heavy (non-hydrogen) atoms. The van der Waals surface area contributed by atoms with Crippen molar-refractivity contribution in [2.45, 2.75) is 25.8 Å². The van der Waals surface area contributed by atoms with Gasteiger partial charge in [0.2, 0.25) is 5.88 Å². The SMILES string of the molecule is O=c1[nH]c(=O)n(Cc2ccco2)c(O)c1C=NCC[NH+]1CCCCC1. The van der Waals surface area contributed by atoms with E-state index in [9.17, 15) is 14.7 Å². The van der Waals surface area contributed by atoms with Gasteiger partial charge in [0.15, 0.2) is 0 Å². The van der Waals surface area contributed by atoms with E-state index < -0.39 is 17.1 Å². The first-order valence-electron chi connectivity index (χ1n) is 8.57. The second kappa shape index (κ2) is 7.98. The van der Waals surface area contributed by atoms with E-state index in [1.165, 1.54) is 36.6 Å². The second-order valence-corrected chi connectivity index (χ2v) is 6.26. The van der Waals surface area contributed by atoms with E-state index >= 15 is 0 Å². The number of aliphatic imine (C=N–C) groups is 1. The Morgan fingerprint density at radius 2 is 2.12 bits per heavy atom. The van der Waals surface area contributed by atoms with Gasteiger partial charge in [0.1, 0.15) is 11.3 Å². The third-order valence-electron chi connectivity index (χ3n) is 4.48. The third kappa shape index (κ3) is 4.27. The van der Waals surface area contributed by atoms with Crippen molar-refractivity contribution in [2.24, 2.45) is 4.99 Å². The van der Waals surface area contributed by atoms with E-state index in [1.54, 1.807) is 12.1 Å². The quantitative estimate of drug-likeness (QED) is 0.605. The fourth-order valence-electron chi connectivity index (χ4n) is 3.08. The van der Waals surface area contributed by atoms with E-state index in [0.29, 0.717) is 12.3 Å². The van der Waals surface area contributed by atoms with Crippen molar-refractivity contribution in [2.75, 3.05) is 26.2 Å². The first-order chi connectivity index (χ1) is 12.1. The van der Waals surface area contributed by atoms with Gasteiger partial charge in [0.25, 0.3) is 5.56 Å². The van der Waals surface area contributed by atoms with Crippen molar-refractivity contribution >= 4 is 6.21 Å². The van der Waals surface area contributed by atoms with Gasteiger partial charge in [-0.05, 0) is 31.4 Å². The molecule has 1 aliphatic heterocycles. The molecule has 134 valence electrons. The Morgan fingerprint density at radius 1 is 1.32 bits per heavy atom. The van der Waals surface area contributed by atoms with Crippen LogP contribution in [0.3, 0.4) is 0 Å². The number of rotatable bonds is 6. The van der Waals surface area contributed by atoms with Crippen LogP contribution in [0.25, 0.3) is 0 Å². The van der Waals surface area contributed by atoms with Gasteiger partial charge in [0, 0.05) is 6.21 Å². The Labute approximate surface area is 144 Å². The Hall–Kier alpha value is -2.61. The Morgan fingerprint density at radius 3 is 2.84 bits per heavy atom. The van der Waals surface area contributed by atoms with Gasteiger partial charge in [-0.15, -0.1) is 0 Å². The van der Waals surface area contributed by atoms with Gasteiger partial charge < -0.3 is 14.4 Å². The molecule has 0 aromatic carbocycles. The highest BCUT2D eigenvalue weighted by molar-refractivity contribution is 5.81. The number of quaternary nitrogens is 1. The highest BCUT2D eigenvalue weighted by Gasteiger charge is 2.15. The van der Waals surface area contributed by atoms with Crippen LogP contribution in [0.2, 0.25) is 0 Å². The first kappa shape index (κ1) is 17.2. The minimum atomic E-state index is -0.686. The maximum atomic E-state index is 12.0. The fourth-order valence-corrected chi connectivity index (χ4v) is 3.08. The van der Waals surface area contributed by atoms with E-state index in [2.05, 4.69) is 9.98 Å². The summed E-state index contributed by atoms with van der Waals surface area (Å²) in [5, 5.41) is 10.3. The van der Waals surface area contributed by atoms with Crippen molar-refractivity contribution in [1.82, 2.24) is 9.55 Å². The maximum Gasteiger partial charge on any atom is 0.331 e. The molecule has 3 rings (SSSR count). The molecule has 2 aromatic rings.